The predicted molar refractivity (Wildman–Crippen MR) is 72.6 cm³/mol. The number of aromatic nitrogens is 2. The third-order valence-electron chi connectivity index (χ3n) is 3.98. The summed E-state index contributed by atoms with van der Waals surface area (Å²) in [6, 6.07) is 0. The third kappa shape index (κ3) is 2.29. The van der Waals surface area contributed by atoms with Gasteiger partial charge in [0.25, 0.3) is 0 Å². The molecule has 1 aromatic rings. The molecular weight excluding hydrogens is 240 g/mol. The van der Waals surface area contributed by atoms with Gasteiger partial charge in [0.05, 0.1) is 12.1 Å². The SMILES string of the molecule is CC(C)CN1C[C@@H]2CN(c3cnccn3)C[C@@H]2C1=O. The standard InChI is InChI=1S/C14H20N4O/c1-10(2)6-18-8-11-7-17(9-12(11)14(18)19)13-5-15-3-4-16-13/h3-5,10-12H,6-9H2,1-2H3/t11-,12-/m0/s1. The Kier molecular flexibility index (Phi) is 3.12. The van der Waals surface area contributed by atoms with Crippen molar-refractivity contribution in [2.24, 2.45) is 17.8 Å². The average Bonchev–Trinajstić information content (AvgIpc) is 2.92. The van der Waals surface area contributed by atoms with Crippen molar-refractivity contribution in [1.82, 2.24) is 14.9 Å². The zero-order valence-electron chi connectivity index (χ0n) is 11.5. The summed E-state index contributed by atoms with van der Waals surface area (Å²) in [5.41, 5.74) is 0. The zero-order chi connectivity index (χ0) is 13.4. The van der Waals surface area contributed by atoms with Crippen molar-refractivity contribution in [2.45, 2.75) is 13.8 Å². The van der Waals surface area contributed by atoms with Gasteiger partial charge in [-0.1, -0.05) is 13.8 Å². The van der Waals surface area contributed by atoms with Gasteiger partial charge >= 0.3 is 0 Å². The molecule has 0 saturated carbocycles. The highest BCUT2D eigenvalue weighted by Crippen LogP contribution is 2.34. The summed E-state index contributed by atoms with van der Waals surface area (Å²) >= 11 is 0. The summed E-state index contributed by atoms with van der Waals surface area (Å²) < 4.78 is 0. The highest BCUT2D eigenvalue weighted by molar-refractivity contribution is 5.83. The first-order valence-electron chi connectivity index (χ1n) is 6.95. The largest absolute Gasteiger partial charge is 0.354 e. The van der Waals surface area contributed by atoms with E-state index < -0.39 is 0 Å². The van der Waals surface area contributed by atoms with Crippen LogP contribution in [0, 0.1) is 17.8 Å². The van der Waals surface area contributed by atoms with Crippen LogP contribution in [0.2, 0.25) is 0 Å². The van der Waals surface area contributed by atoms with Crippen LogP contribution in [0.25, 0.3) is 0 Å². The van der Waals surface area contributed by atoms with E-state index in [1.54, 1.807) is 18.6 Å². The third-order valence-corrected chi connectivity index (χ3v) is 3.98. The molecule has 19 heavy (non-hydrogen) atoms. The van der Waals surface area contributed by atoms with Crippen molar-refractivity contribution in [2.75, 3.05) is 31.1 Å². The molecule has 0 bridgehead atoms. The molecule has 2 aliphatic heterocycles. The number of amides is 1. The second kappa shape index (κ2) is 4.79. The lowest BCUT2D eigenvalue weighted by Crippen LogP contribution is -2.35. The number of carbonyl (C=O) groups is 1. The smallest absolute Gasteiger partial charge is 0.227 e. The van der Waals surface area contributed by atoms with E-state index in [0.29, 0.717) is 17.7 Å². The molecule has 0 aromatic carbocycles. The fraction of sp³-hybridized carbons (Fsp3) is 0.643. The Bertz CT molecular complexity index is 462. The van der Waals surface area contributed by atoms with Gasteiger partial charge in [0.2, 0.25) is 5.91 Å². The molecule has 0 aliphatic carbocycles. The summed E-state index contributed by atoms with van der Waals surface area (Å²) in [6.45, 7) is 7.82. The van der Waals surface area contributed by atoms with Gasteiger partial charge in [-0.25, -0.2) is 4.98 Å². The van der Waals surface area contributed by atoms with Gasteiger partial charge < -0.3 is 9.80 Å². The molecule has 2 saturated heterocycles. The van der Waals surface area contributed by atoms with Crippen LogP contribution in [-0.4, -0.2) is 47.0 Å². The maximum atomic E-state index is 12.4. The van der Waals surface area contributed by atoms with Gasteiger partial charge in [-0.15, -0.1) is 0 Å². The first-order valence-corrected chi connectivity index (χ1v) is 6.95. The quantitative estimate of drug-likeness (QED) is 0.814. The Morgan fingerprint density at radius 3 is 2.79 bits per heavy atom. The lowest BCUT2D eigenvalue weighted by Gasteiger charge is -2.23. The maximum Gasteiger partial charge on any atom is 0.227 e. The van der Waals surface area contributed by atoms with Crippen LogP contribution >= 0.6 is 0 Å². The average molecular weight is 260 g/mol. The fourth-order valence-corrected chi connectivity index (χ4v) is 3.19. The number of fused-ring (bicyclic) bond motifs is 1. The van der Waals surface area contributed by atoms with Crippen LogP contribution in [-0.2, 0) is 4.79 Å². The first kappa shape index (κ1) is 12.4. The van der Waals surface area contributed by atoms with Crippen molar-refractivity contribution in [3.8, 4) is 0 Å². The molecule has 0 radical (unpaired) electrons. The topological polar surface area (TPSA) is 49.3 Å². The van der Waals surface area contributed by atoms with Crippen LogP contribution in [0.5, 0.6) is 0 Å². The Hall–Kier alpha value is -1.65. The molecular formula is C14H20N4O. The molecule has 5 heteroatoms. The normalized spacial score (nSPS) is 26.4. The van der Waals surface area contributed by atoms with Gasteiger partial charge in [-0.3, -0.25) is 9.78 Å². The minimum absolute atomic E-state index is 0.153. The summed E-state index contributed by atoms with van der Waals surface area (Å²) in [5, 5.41) is 0. The maximum absolute atomic E-state index is 12.4. The number of hydrogen-bond donors (Lipinski definition) is 0. The number of nitrogens with zero attached hydrogens (tertiary/aromatic N) is 4. The molecule has 2 fully saturated rings. The number of hydrogen-bond acceptors (Lipinski definition) is 4. The van der Waals surface area contributed by atoms with E-state index in [-0.39, 0.29) is 5.92 Å². The Labute approximate surface area is 113 Å². The van der Waals surface area contributed by atoms with E-state index in [4.69, 9.17) is 0 Å². The molecule has 3 heterocycles. The van der Waals surface area contributed by atoms with Crippen LogP contribution in [0.15, 0.2) is 18.6 Å². The van der Waals surface area contributed by atoms with Crippen molar-refractivity contribution in [3.63, 3.8) is 0 Å². The molecule has 2 atom stereocenters. The second-order valence-corrected chi connectivity index (χ2v) is 5.97. The number of anilines is 1. The van der Waals surface area contributed by atoms with Gasteiger partial charge in [-0.05, 0) is 5.92 Å². The van der Waals surface area contributed by atoms with Crippen molar-refractivity contribution < 1.29 is 4.79 Å². The summed E-state index contributed by atoms with van der Waals surface area (Å²) in [5.74, 6) is 2.36. The highest BCUT2D eigenvalue weighted by atomic mass is 16.2. The zero-order valence-corrected chi connectivity index (χ0v) is 11.5. The van der Waals surface area contributed by atoms with E-state index in [1.807, 2.05) is 4.90 Å². The van der Waals surface area contributed by atoms with E-state index >= 15 is 0 Å². The first-order chi connectivity index (χ1) is 9.15. The second-order valence-electron chi connectivity index (χ2n) is 5.97. The summed E-state index contributed by atoms with van der Waals surface area (Å²) in [7, 11) is 0. The number of rotatable bonds is 3. The van der Waals surface area contributed by atoms with Gasteiger partial charge in [0, 0.05) is 44.5 Å². The minimum atomic E-state index is 0.153. The fourth-order valence-electron chi connectivity index (χ4n) is 3.19. The van der Waals surface area contributed by atoms with Crippen LogP contribution in [0.3, 0.4) is 0 Å². The van der Waals surface area contributed by atoms with Crippen molar-refractivity contribution in [3.05, 3.63) is 18.6 Å². The molecule has 1 amide bonds. The van der Waals surface area contributed by atoms with Crippen LogP contribution in [0.4, 0.5) is 5.82 Å². The summed E-state index contributed by atoms with van der Waals surface area (Å²) in [4.78, 5) is 25.0. The molecule has 0 spiro atoms. The molecule has 5 nitrogen and oxygen atoms in total. The number of likely N-dealkylation sites (tertiary alicyclic amines) is 1. The lowest BCUT2D eigenvalue weighted by atomic mass is 10.0. The molecule has 2 aliphatic rings. The summed E-state index contributed by atoms with van der Waals surface area (Å²) in [6.07, 6.45) is 5.16. The van der Waals surface area contributed by atoms with E-state index in [9.17, 15) is 4.79 Å². The van der Waals surface area contributed by atoms with Gasteiger partial charge in [0.1, 0.15) is 5.82 Å². The molecule has 0 N–H and O–H groups in total. The van der Waals surface area contributed by atoms with Crippen LogP contribution in [0.1, 0.15) is 13.8 Å². The van der Waals surface area contributed by atoms with E-state index in [1.165, 1.54) is 0 Å². The molecule has 102 valence electrons. The van der Waals surface area contributed by atoms with Crippen molar-refractivity contribution >= 4 is 11.7 Å². The van der Waals surface area contributed by atoms with E-state index in [2.05, 4.69) is 28.7 Å². The molecule has 1 aromatic heterocycles. The number of carbonyl (C=O) groups excluding carboxylic acids is 1. The van der Waals surface area contributed by atoms with Gasteiger partial charge in [-0.2, -0.15) is 0 Å². The molecule has 3 rings (SSSR count). The lowest BCUT2D eigenvalue weighted by molar-refractivity contribution is -0.131. The highest BCUT2D eigenvalue weighted by Gasteiger charge is 2.46. The predicted octanol–water partition coefficient (Wildman–Crippen LogP) is 1.03. The van der Waals surface area contributed by atoms with Crippen molar-refractivity contribution in [1.29, 1.82) is 0 Å². The minimum Gasteiger partial charge on any atom is -0.354 e. The Balaban J connectivity index is 1.68. The monoisotopic (exact) mass is 260 g/mol. The molecule has 0 unspecified atom stereocenters. The Morgan fingerprint density at radius 2 is 2.16 bits per heavy atom. The van der Waals surface area contributed by atoms with E-state index in [0.717, 1.165) is 32.0 Å². The Morgan fingerprint density at radius 1 is 1.32 bits per heavy atom. The van der Waals surface area contributed by atoms with Crippen LogP contribution < -0.4 is 4.90 Å². The van der Waals surface area contributed by atoms with Gasteiger partial charge in [0.15, 0.2) is 0 Å².